The van der Waals surface area contributed by atoms with Gasteiger partial charge in [0.05, 0.1) is 17.1 Å². The van der Waals surface area contributed by atoms with Gasteiger partial charge in [0.15, 0.2) is 0 Å². The standard InChI is InChI=1S/C20H27NO5S/c22-20(23)11-7-2-1-6-10-16-17(19-13-12-18(16)26-19)14-21-27(24,25)15-8-4-3-5-9-15/h1,3-6,8-9,16-19,21H,2,7,10-14H2,(H,22,23)/t16-,17+,18-,19+/m1/s1. The number of nitrogens with one attached hydrogen (secondary N) is 1. The number of sulfonamides is 1. The third-order valence-corrected chi connectivity index (χ3v) is 6.93. The Hall–Kier alpha value is -1.70. The molecular formula is C20H27NO5S. The largest absolute Gasteiger partial charge is 0.481 e. The topological polar surface area (TPSA) is 92.7 Å². The first kappa shape index (κ1) is 20.0. The molecule has 2 heterocycles. The van der Waals surface area contributed by atoms with E-state index in [1.165, 1.54) is 0 Å². The van der Waals surface area contributed by atoms with E-state index in [4.69, 9.17) is 9.84 Å². The minimum absolute atomic E-state index is 0.124. The van der Waals surface area contributed by atoms with Crippen molar-refractivity contribution in [2.75, 3.05) is 6.54 Å². The zero-order valence-corrected chi connectivity index (χ0v) is 16.1. The van der Waals surface area contributed by atoms with Crippen LogP contribution in [-0.4, -0.2) is 38.2 Å². The second-order valence-electron chi connectivity index (χ2n) is 7.28. The van der Waals surface area contributed by atoms with Crippen LogP contribution >= 0.6 is 0 Å². The Kier molecular flexibility index (Phi) is 6.68. The smallest absolute Gasteiger partial charge is 0.303 e. The Balaban J connectivity index is 1.54. The highest BCUT2D eigenvalue weighted by atomic mass is 32.2. The van der Waals surface area contributed by atoms with Gasteiger partial charge in [0.2, 0.25) is 10.0 Å². The fourth-order valence-electron chi connectivity index (χ4n) is 4.11. The summed E-state index contributed by atoms with van der Waals surface area (Å²) in [5.41, 5.74) is 0. The predicted molar refractivity (Wildman–Crippen MR) is 102 cm³/mol. The zero-order chi connectivity index (χ0) is 19.3. The van der Waals surface area contributed by atoms with Crippen LogP contribution in [0.4, 0.5) is 0 Å². The van der Waals surface area contributed by atoms with Crippen molar-refractivity contribution in [1.29, 1.82) is 0 Å². The van der Waals surface area contributed by atoms with Gasteiger partial charge in [-0.2, -0.15) is 0 Å². The van der Waals surface area contributed by atoms with Gasteiger partial charge in [0, 0.05) is 18.9 Å². The SMILES string of the molecule is O=C(O)CCCC=CC[C@@H]1[C@H](CNS(=O)(=O)c2ccccc2)[C@@H]2CC[C@H]1O2. The zero-order valence-electron chi connectivity index (χ0n) is 15.3. The van der Waals surface area contributed by atoms with Crippen molar-refractivity contribution in [3.63, 3.8) is 0 Å². The lowest BCUT2D eigenvalue weighted by atomic mass is 9.77. The molecule has 1 aromatic rings. The minimum Gasteiger partial charge on any atom is -0.481 e. The van der Waals surface area contributed by atoms with Crippen molar-refractivity contribution in [2.24, 2.45) is 11.8 Å². The molecule has 6 nitrogen and oxygen atoms in total. The first-order valence-electron chi connectivity index (χ1n) is 9.54. The van der Waals surface area contributed by atoms with Gasteiger partial charge >= 0.3 is 5.97 Å². The van der Waals surface area contributed by atoms with Gasteiger partial charge in [-0.15, -0.1) is 0 Å². The Morgan fingerprint density at radius 1 is 1.15 bits per heavy atom. The van der Waals surface area contributed by atoms with Gasteiger partial charge in [0.1, 0.15) is 0 Å². The van der Waals surface area contributed by atoms with Crippen molar-refractivity contribution in [3.8, 4) is 0 Å². The Labute approximate surface area is 160 Å². The molecule has 2 N–H and O–H groups in total. The van der Waals surface area contributed by atoms with E-state index in [2.05, 4.69) is 10.8 Å². The van der Waals surface area contributed by atoms with Gasteiger partial charge in [-0.25, -0.2) is 13.1 Å². The van der Waals surface area contributed by atoms with Gasteiger partial charge in [-0.1, -0.05) is 30.4 Å². The fraction of sp³-hybridized carbons (Fsp3) is 0.550. The maximum atomic E-state index is 12.5. The van der Waals surface area contributed by atoms with Gasteiger partial charge in [0.25, 0.3) is 0 Å². The fourth-order valence-corrected chi connectivity index (χ4v) is 5.21. The molecule has 4 atom stereocenters. The quantitative estimate of drug-likeness (QED) is 0.471. The van der Waals surface area contributed by atoms with Crippen LogP contribution in [0.2, 0.25) is 0 Å². The van der Waals surface area contributed by atoms with E-state index in [1.807, 2.05) is 6.08 Å². The van der Waals surface area contributed by atoms with Crippen LogP contribution in [0.25, 0.3) is 0 Å². The second-order valence-corrected chi connectivity index (χ2v) is 9.04. The number of benzene rings is 1. The van der Waals surface area contributed by atoms with E-state index >= 15 is 0 Å². The van der Waals surface area contributed by atoms with Crippen molar-refractivity contribution in [2.45, 2.75) is 55.6 Å². The molecule has 1 aromatic carbocycles. The molecule has 3 rings (SSSR count). The first-order valence-corrected chi connectivity index (χ1v) is 11.0. The summed E-state index contributed by atoms with van der Waals surface area (Å²) in [6.45, 7) is 0.385. The van der Waals surface area contributed by atoms with Crippen molar-refractivity contribution in [3.05, 3.63) is 42.5 Å². The number of hydrogen-bond acceptors (Lipinski definition) is 4. The average molecular weight is 394 g/mol. The molecule has 148 valence electrons. The van der Waals surface area contributed by atoms with Crippen molar-refractivity contribution in [1.82, 2.24) is 4.72 Å². The molecule has 27 heavy (non-hydrogen) atoms. The Morgan fingerprint density at radius 3 is 2.56 bits per heavy atom. The highest BCUT2D eigenvalue weighted by molar-refractivity contribution is 7.89. The maximum absolute atomic E-state index is 12.5. The molecule has 7 heteroatoms. The molecule has 0 aliphatic carbocycles. The van der Waals surface area contributed by atoms with Crippen LogP contribution in [0.5, 0.6) is 0 Å². The Morgan fingerprint density at radius 2 is 1.85 bits per heavy atom. The van der Waals surface area contributed by atoms with Crippen LogP contribution in [-0.2, 0) is 19.6 Å². The number of ether oxygens (including phenoxy) is 1. The predicted octanol–water partition coefficient (Wildman–Crippen LogP) is 2.96. The molecule has 0 unspecified atom stereocenters. The van der Waals surface area contributed by atoms with Crippen LogP contribution in [0.1, 0.15) is 38.5 Å². The van der Waals surface area contributed by atoms with Crippen LogP contribution in [0.3, 0.4) is 0 Å². The minimum atomic E-state index is -3.51. The summed E-state index contributed by atoms with van der Waals surface area (Å²) in [4.78, 5) is 10.8. The highest BCUT2D eigenvalue weighted by Crippen LogP contribution is 2.45. The van der Waals surface area contributed by atoms with Crippen LogP contribution < -0.4 is 4.72 Å². The number of unbranched alkanes of at least 4 members (excludes halogenated alkanes) is 1. The number of carbonyl (C=O) groups is 1. The number of carboxylic acid groups (broad SMARTS) is 1. The summed E-state index contributed by atoms with van der Waals surface area (Å²) in [7, 11) is -3.51. The molecular weight excluding hydrogens is 366 g/mol. The summed E-state index contributed by atoms with van der Waals surface area (Å²) in [6.07, 6.45) is 8.88. The average Bonchev–Trinajstić information content (AvgIpc) is 3.25. The van der Waals surface area contributed by atoms with Crippen LogP contribution in [0, 0.1) is 11.8 Å². The maximum Gasteiger partial charge on any atom is 0.303 e. The molecule has 0 radical (unpaired) electrons. The van der Waals surface area contributed by atoms with Gasteiger partial charge in [-0.3, -0.25) is 4.79 Å². The molecule has 0 spiro atoms. The molecule has 2 fully saturated rings. The summed E-state index contributed by atoms with van der Waals surface area (Å²) in [5, 5.41) is 8.66. The number of carboxylic acids is 1. The lowest BCUT2D eigenvalue weighted by Gasteiger charge is -2.27. The number of allylic oxidation sites excluding steroid dienone is 2. The van der Waals surface area contributed by atoms with Crippen molar-refractivity contribution >= 4 is 16.0 Å². The van der Waals surface area contributed by atoms with Gasteiger partial charge in [-0.05, 0) is 50.2 Å². The number of fused-ring (bicyclic) bond motifs is 2. The third-order valence-electron chi connectivity index (χ3n) is 5.49. The second kappa shape index (κ2) is 8.99. The Bertz CT molecular complexity index is 762. The first-order chi connectivity index (χ1) is 13.0. The normalized spacial score (nSPS) is 27.4. The molecule has 2 saturated heterocycles. The molecule has 0 saturated carbocycles. The third kappa shape index (κ3) is 5.18. The van der Waals surface area contributed by atoms with E-state index in [-0.39, 0.29) is 29.4 Å². The van der Waals surface area contributed by atoms with E-state index in [0.717, 1.165) is 25.7 Å². The molecule has 2 bridgehead atoms. The summed E-state index contributed by atoms with van der Waals surface area (Å²) in [6, 6.07) is 8.41. The van der Waals surface area contributed by atoms with Crippen molar-refractivity contribution < 1.29 is 23.1 Å². The van der Waals surface area contributed by atoms with E-state index in [9.17, 15) is 13.2 Å². The number of rotatable bonds is 10. The monoisotopic (exact) mass is 393 g/mol. The summed E-state index contributed by atoms with van der Waals surface area (Å²) < 4.78 is 33.7. The molecule has 0 amide bonds. The number of hydrogen-bond donors (Lipinski definition) is 2. The van der Waals surface area contributed by atoms with E-state index < -0.39 is 16.0 Å². The molecule has 2 aliphatic rings. The summed E-state index contributed by atoms with van der Waals surface area (Å²) >= 11 is 0. The highest BCUT2D eigenvalue weighted by Gasteiger charge is 2.48. The van der Waals surface area contributed by atoms with E-state index in [1.54, 1.807) is 30.3 Å². The lowest BCUT2D eigenvalue weighted by Crippen LogP contribution is -2.38. The summed E-state index contributed by atoms with van der Waals surface area (Å²) in [5.74, 6) is -0.292. The lowest BCUT2D eigenvalue weighted by molar-refractivity contribution is -0.137. The van der Waals surface area contributed by atoms with Gasteiger partial charge < -0.3 is 9.84 Å². The molecule has 2 aliphatic heterocycles. The molecule has 0 aromatic heterocycles. The number of aliphatic carboxylic acids is 1. The van der Waals surface area contributed by atoms with Crippen LogP contribution in [0.15, 0.2) is 47.4 Å². The van der Waals surface area contributed by atoms with E-state index in [0.29, 0.717) is 18.9 Å².